The lowest BCUT2D eigenvalue weighted by atomic mass is 10.0. The maximum atomic E-state index is 13.7. The van der Waals surface area contributed by atoms with Crippen LogP contribution in [0.5, 0.6) is 23.0 Å². The number of benzene rings is 2. The van der Waals surface area contributed by atoms with E-state index in [1.165, 1.54) is 39.4 Å². The minimum Gasteiger partial charge on any atom is -0.506 e. The molecular weight excluding hydrogens is 492 g/mol. The number of fused-ring (bicyclic) bond motifs is 4. The van der Waals surface area contributed by atoms with Crippen molar-refractivity contribution in [2.45, 2.75) is 5.92 Å². The summed E-state index contributed by atoms with van der Waals surface area (Å²) >= 11 is 6.28. The molecule has 0 fully saturated rings. The molecule has 1 aliphatic rings. The Morgan fingerprint density at radius 3 is 2.47 bits per heavy atom. The van der Waals surface area contributed by atoms with Gasteiger partial charge in [-0.2, -0.15) is 0 Å². The van der Waals surface area contributed by atoms with Crippen molar-refractivity contribution in [1.29, 1.82) is 0 Å². The van der Waals surface area contributed by atoms with Gasteiger partial charge in [-0.25, -0.2) is 9.78 Å². The number of aromatic amines is 2. The van der Waals surface area contributed by atoms with Crippen molar-refractivity contribution in [2.24, 2.45) is 0 Å². The summed E-state index contributed by atoms with van der Waals surface area (Å²) in [5.41, 5.74) is 2.61. The van der Waals surface area contributed by atoms with Gasteiger partial charge in [0.15, 0.2) is 11.5 Å². The number of phenols is 1. The average molecular weight is 515 g/mol. The number of esters is 1. The van der Waals surface area contributed by atoms with E-state index in [-0.39, 0.29) is 47.0 Å². The zero-order chi connectivity index (χ0) is 25.7. The predicted octanol–water partition coefficient (Wildman–Crippen LogP) is 3.55. The van der Waals surface area contributed by atoms with Crippen LogP contribution in [-0.2, 0) is 4.74 Å². The van der Waals surface area contributed by atoms with Crippen molar-refractivity contribution in [3.63, 3.8) is 0 Å². The van der Waals surface area contributed by atoms with Gasteiger partial charge >= 0.3 is 5.97 Å². The smallest absolute Gasteiger partial charge is 0.374 e. The van der Waals surface area contributed by atoms with Crippen molar-refractivity contribution in [3.05, 3.63) is 35.3 Å². The van der Waals surface area contributed by atoms with Gasteiger partial charge in [-0.1, -0.05) is 0 Å². The van der Waals surface area contributed by atoms with Crippen LogP contribution in [0.1, 0.15) is 32.6 Å². The number of phenolic OH excluding ortho intramolecular Hbond substituents is 1. The molecule has 1 amide bonds. The van der Waals surface area contributed by atoms with Crippen LogP contribution in [0.15, 0.2) is 18.2 Å². The van der Waals surface area contributed by atoms with Crippen LogP contribution in [0, 0.1) is 0 Å². The van der Waals surface area contributed by atoms with E-state index in [1.807, 2.05) is 0 Å². The molecule has 4 aromatic rings. The van der Waals surface area contributed by atoms with Crippen molar-refractivity contribution in [3.8, 4) is 23.0 Å². The molecule has 188 valence electrons. The summed E-state index contributed by atoms with van der Waals surface area (Å²) in [6.45, 7) is 0.260. The Kier molecular flexibility index (Phi) is 5.79. The summed E-state index contributed by atoms with van der Waals surface area (Å²) in [4.78, 5) is 37.5. The number of hydrogen-bond acceptors (Lipinski definition) is 8. The zero-order valence-corrected chi connectivity index (χ0v) is 20.6. The fourth-order valence-corrected chi connectivity index (χ4v) is 4.96. The van der Waals surface area contributed by atoms with Gasteiger partial charge < -0.3 is 38.9 Å². The minimum absolute atomic E-state index is 0.0556. The number of imidazole rings is 1. The summed E-state index contributed by atoms with van der Waals surface area (Å²) in [5.74, 6) is -0.0546. The van der Waals surface area contributed by atoms with E-state index < -0.39 is 5.97 Å². The van der Waals surface area contributed by atoms with E-state index in [4.69, 9.17) is 30.5 Å². The fourth-order valence-electron chi connectivity index (χ4n) is 4.71. The number of nitrogens with zero attached hydrogens (tertiary/aromatic N) is 2. The van der Waals surface area contributed by atoms with E-state index in [2.05, 4.69) is 15.0 Å². The molecule has 0 unspecified atom stereocenters. The van der Waals surface area contributed by atoms with Crippen LogP contribution >= 0.6 is 11.6 Å². The number of ether oxygens (including phenoxy) is 4. The highest BCUT2D eigenvalue weighted by atomic mass is 35.5. The van der Waals surface area contributed by atoms with E-state index >= 15 is 0 Å². The number of nitrogens with one attached hydrogen (secondary N) is 2. The summed E-state index contributed by atoms with van der Waals surface area (Å²) in [6.07, 6.45) is 0. The normalized spacial score (nSPS) is 14.8. The summed E-state index contributed by atoms with van der Waals surface area (Å²) in [5, 5.41) is 11.4. The van der Waals surface area contributed by atoms with Gasteiger partial charge in [0.05, 0.1) is 45.2 Å². The lowest BCUT2D eigenvalue weighted by molar-refractivity contribution is 0.0588. The molecular formula is C24H23ClN4O7. The number of aromatic nitrogens is 3. The van der Waals surface area contributed by atoms with Gasteiger partial charge in [0, 0.05) is 35.4 Å². The molecule has 0 saturated heterocycles. The molecule has 0 aliphatic carbocycles. The van der Waals surface area contributed by atoms with Gasteiger partial charge in [0.25, 0.3) is 5.91 Å². The Morgan fingerprint density at radius 2 is 1.83 bits per heavy atom. The number of carbonyl (C=O) groups excluding carboxylic acids is 2. The standard InChI is InChI=1S/C24H23ClN4O7/c1-33-15-6-10-5-12(26-17(10)21(35-3)20(15)34-2)23(31)29-9-11(8-25)16-13(29)7-14(30)18-19(16)28-22(27-18)24(32)36-4/h5-7,11,26,30H,8-9H2,1-4H3,(H,27,28)/t11-/m1/s1. The maximum absolute atomic E-state index is 13.7. The molecule has 0 saturated carbocycles. The molecule has 1 atom stereocenters. The molecule has 0 spiro atoms. The lowest BCUT2D eigenvalue weighted by Gasteiger charge is -2.17. The summed E-state index contributed by atoms with van der Waals surface area (Å²) in [6, 6.07) is 4.91. The van der Waals surface area contributed by atoms with Crippen LogP contribution in [0.25, 0.3) is 21.9 Å². The highest BCUT2D eigenvalue weighted by Crippen LogP contribution is 2.46. The first-order chi connectivity index (χ1) is 17.4. The lowest BCUT2D eigenvalue weighted by Crippen LogP contribution is -2.30. The van der Waals surface area contributed by atoms with Crippen molar-refractivity contribution in [2.75, 3.05) is 45.8 Å². The first-order valence-electron chi connectivity index (χ1n) is 10.9. The zero-order valence-electron chi connectivity index (χ0n) is 19.9. The topological polar surface area (TPSA) is 139 Å². The largest absolute Gasteiger partial charge is 0.506 e. The van der Waals surface area contributed by atoms with Crippen LogP contribution in [-0.4, -0.2) is 72.8 Å². The number of methoxy groups -OCH3 is 4. The third-order valence-corrected chi connectivity index (χ3v) is 6.70. The first-order valence-corrected chi connectivity index (χ1v) is 11.4. The van der Waals surface area contributed by atoms with Gasteiger partial charge in [0.1, 0.15) is 17.0 Å². The minimum atomic E-state index is -0.675. The van der Waals surface area contributed by atoms with Gasteiger partial charge in [0.2, 0.25) is 11.6 Å². The van der Waals surface area contributed by atoms with Gasteiger partial charge in [-0.15, -0.1) is 11.6 Å². The van der Waals surface area contributed by atoms with Crippen molar-refractivity contribution >= 4 is 51.1 Å². The molecule has 36 heavy (non-hydrogen) atoms. The third kappa shape index (κ3) is 3.38. The second kappa shape index (κ2) is 8.83. The molecule has 2 aromatic heterocycles. The first kappa shape index (κ1) is 23.6. The number of H-pyrrole nitrogens is 2. The molecule has 5 rings (SSSR count). The number of halogens is 1. The molecule has 0 bridgehead atoms. The second-order valence-electron chi connectivity index (χ2n) is 8.19. The van der Waals surface area contributed by atoms with Crippen LogP contribution in [0.2, 0.25) is 0 Å². The van der Waals surface area contributed by atoms with Crippen LogP contribution in [0.3, 0.4) is 0 Å². The van der Waals surface area contributed by atoms with Crippen molar-refractivity contribution < 1.29 is 33.6 Å². The highest BCUT2D eigenvalue weighted by Gasteiger charge is 2.37. The van der Waals surface area contributed by atoms with E-state index in [0.29, 0.717) is 44.9 Å². The predicted molar refractivity (Wildman–Crippen MR) is 132 cm³/mol. The summed E-state index contributed by atoms with van der Waals surface area (Å²) in [7, 11) is 5.76. The molecule has 1 aliphatic heterocycles. The quantitative estimate of drug-likeness (QED) is 0.262. The molecule has 3 heterocycles. The van der Waals surface area contributed by atoms with Gasteiger partial charge in [-0.3, -0.25) is 4.79 Å². The summed E-state index contributed by atoms with van der Waals surface area (Å²) < 4.78 is 21.1. The van der Waals surface area contributed by atoms with E-state index in [1.54, 1.807) is 12.1 Å². The fraction of sp³-hybridized carbons (Fsp3) is 0.292. The number of hydrogen-bond donors (Lipinski definition) is 3. The number of rotatable bonds is 6. The van der Waals surface area contributed by atoms with Crippen LogP contribution < -0.4 is 19.1 Å². The molecule has 11 nitrogen and oxygen atoms in total. The van der Waals surface area contributed by atoms with Crippen LogP contribution in [0.4, 0.5) is 5.69 Å². The van der Waals surface area contributed by atoms with Gasteiger partial charge in [-0.05, 0) is 12.1 Å². The monoisotopic (exact) mass is 514 g/mol. The molecule has 0 radical (unpaired) electrons. The molecule has 3 N–H and O–H groups in total. The SMILES string of the molecule is COC(=O)c1nc2c3c(cc(O)c2[nH]1)N(C(=O)c1cc2cc(OC)c(OC)c(OC)c2[nH]1)C[C@H]3CCl. The number of amides is 1. The number of alkyl halides is 1. The Morgan fingerprint density at radius 1 is 1.08 bits per heavy atom. The van der Waals surface area contributed by atoms with Crippen molar-refractivity contribution in [1.82, 2.24) is 15.0 Å². The molecule has 12 heteroatoms. The number of aromatic hydroxyl groups is 1. The van der Waals surface area contributed by atoms with E-state index in [0.717, 1.165) is 0 Å². The second-order valence-corrected chi connectivity index (χ2v) is 8.50. The van der Waals surface area contributed by atoms with E-state index in [9.17, 15) is 14.7 Å². The Bertz CT molecular complexity index is 1530. The average Bonchev–Trinajstić information content (AvgIpc) is 3.61. The Balaban J connectivity index is 1.63. The highest BCUT2D eigenvalue weighted by molar-refractivity contribution is 6.19. The number of carbonyl (C=O) groups is 2. The number of anilines is 1. The Labute approximate surface area is 209 Å². The maximum Gasteiger partial charge on any atom is 0.374 e. The Hall–Kier alpha value is -4.12. The third-order valence-electron chi connectivity index (χ3n) is 6.33. The molecule has 2 aromatic carbocycles.